The van der Waals surface area contributed by atoms with Gasteiger partial charge >= 0.3 is 0 Å². The van der Waals surface area contributed by atoms with Crippen LogP contribution in [0.5, 0.6) is 0 Å². The van der Waals surface area contributed by atoms with Crippen LogP contribution in [0.2, 0.25) is 0 Å². The molecule has 0 aromatic carbocycles. The first-order chi connectivity index (χ1) is 4.70. The lowest BCUT2D eigenvalue weighted by molar-refractivity contribution is -0.118. The van der Waals surface area contributed by atoms with E-state index in [0.29, 0.717) is 19.4 Å². The van der Waals surface area contributed by atoms with Gasteiger partial charge in [0.15, 0.2) is 0 Å². The van der Waals surface area contributed by atoms with Crippen LogP contribution in [0.15, 0.2) is 12.8 Å². The highest BCUT2D eigenvalue weighted by atomic mass is 16.1. The zero-order chi connectivity index (χ0) is 7.98. The monoisotopic (exact) mass is 141 g/mol. The molecule has 0 N–H and O–H groups in total. The van der Waals surface area contributed by atoms with Crippen molar-refractivity contribution in [2.45, 2.75) is 13.3 Å². The minimum absolute atomic E-state index is 0.0775. The Morgan fingerprint density at radius 3 is 2.60 bits per heavy atom. The second-order valence-corrected chi connectivity index (χ2v) is 1.98. The van der Waals surface area contributed by atoms with Gasteiger partial charge in [-0.25, -0.2) is 0 Å². The Hall–Kier alpha value is -1.12. The Morgan fingerprint density at radius 1 is 1.70 bits per heavy atom. The van der Waals surface area contributed by atoms with Crippen molar-refractivity contribution in [2.24, 2.45) is 0 Å². The molecule has 0 aromatic rings. The van der Waals surface area contributed by atoms with Gasteiger partial charge < -0.3 is 4.90 Å². The fourth-order valence-electron chi connectivity index (χ4n) is 0.474. The molecule has 3 nitrogen and oxygen atoms in total. The summed E-state index contributed by atoms with van der Waals surface area (Å²) in [4.78, 5) is 21.8. The first kappa shape index (κ1) is 8.88. The summed E-state index contributed by atoms with van der Waals surface area (Å²) in [5, 5.41) is 0. The SMILES string of the molecule is C=CN(C=O)CCC(C)=O. The second kappa shape index (κ2) is 4.73. The van der Waals surface area contributed by atoms with E-state index >= 15 is 0 Å². The lowest BCUT2D eigenvalue weighted by Crippen LogP contribution is -2.17. The van der Waals surface area contributed by atoms with Crippen LogP contribution in [-0.2, 0) is 9.59 Å². The zero-order valence-electron chi connectivity index (χ0n) is 6.04. The van der Waals surface area contributed by atoms with E-state index in [4.69, 9.17) is 0 Å². The van der Waals surface area contributed by atoms with E-state index in [9.17, 15) is 9.59 Å². The van der Waals surface area contributed by atoms with E-state index in [2.05, 4.69) is 6.58 Å². The number of nitrogens with zero attached hydrogens (tertiary/aromatic N) is 1. The van der Waals surface area contributed by atoms with E-state index in [0.717, 1.165) is 0 Å². The van der Waals surface area contributed by atoms with Crippen molar-refractivity contribution in [2.75, 3.05) is 6.54 Å². The molecule has 0 unspecified atom stereocenters. The van der Waals surface area contributed by atoms with Crippen LogP contribution < -0.4 is 0 Å². The lowest BCUT2D eigenvalue weighted by Gasteiger charge is -2.08. The maximum absolute atomic E-state index is 10.4. The van der Waals surface area contributed by atoms with Crippen molar-refractivity contribution >= 4 is 12.2 Å². The quantitative estimate of drug-likeness (QED) is 0.525. The molecular weight excluding hydrogens is 130 g/mol. The Bertz CT molecular complexity index is 135. The van der Waals surface area contributed by atoms with Gasteiger partial charge in [0, 0.05) is 13.0 Å². The third-order valence-corrected chi connectivity index (χ3v) is 1.09. The van der Waals surface area contributed by atoms with Crippen molar-refractivity contribution in [1.82, 2.24) is 4.90 Å². The Morgan fingerprint density at radius 2 is 2.30 bits per heavy atom. The molecule has 0 saturated carbocycles. The largest absolute Gasteiger partial charge is 0.322 e. The highest BCUT2D eigenvalue weighted by Crippen LogP contribution is 1.87. The molecule has 0 aromatic heterocycles. The number of amides is 1. The molecule has 0 aliphatic heterocycles. The van der Waals surface area contributed by atoms with Crippen molar-refractivity contribution in [3.63, 3.8) is 0 Å². The number of rotatable bonds is 5. The average molecular weight is 141 g/mol. The van der Waals surface area contributed by atoms with Gasteiger partial charge in [-0.15, -0.1) is 0 Å². The zero-order valence-corrected chi connectivity index (χ0v) is 6.04. The number of Topliss-reactive ketones (excluding diaryl/α,β-unsaturated/α-hetero) is 1. The van der Waals surface area contributed by atoms with Gasteiger partial charge in [0.05, 0.1) is 0 Å². The van der Waals surface area contributed by atoms with Crippen LogP contribution in [-0.4, -0.2) is 23.6 Å². The number of ketones is 1. The molecule has 0 fully saturated rings. The maximum atomic E-state index is 10.4. The summed E-state index contributed by atoms with van der Waals surface area (Å²) < 4.78 is 0. The van der Waals surface area contributed by atoms with Crippen molar-refractivity contribution in [3.8, 4) is 0 Å². The van der Waals surface area contributed by atoms with Gasteiger partial charge in [0.2, 0.25) is 6.41 Å². The Kier molecular flexibility index (Phi) is 4.20. The van der Waals surface area contributed by atoms with Crippen molar-refractivity contribution < 1.29 is 9.59 Å². The minimum Gasteiger partial charge on any atom is -0.322 e. The van der Waals surface area contributed by atoms with Crippen LogP contribution in [0, 0.1) is 0 Å². The van der Waals surface area contributed by atoms with Crippen molar-refractivity contribution in [1.29, 1.82) is 0 Å². The molecule has 10 heavy (non-hydrogen) atoms. The molecule has 3 heteroatoms. The van der Waals surface area contributed by atoms with E-state index in [1.807, 2.05) is 0 Å². The molecule has 0 radical (unpaired) electrons. The van der Waals surface area contributed by atoms with Gasteiger partial charge in [-0.05, 0) is 13.1 Å². The van der Waals surface area contributed by atoms with Crippen LogP contribution in [0.4, 0.5) is 0 Å². The predicted octanol–water partition coefficient (Wildman–Crippen LogP) is 0.567. The first-order valence-corrected chi connectivity index (χ1v) is 3.03. The maximum Gasteiger partial charge on any atom is 0.213 e. The molecule has 0 aliphatic carbocycles. The summed E-state index contributed by atoms with van der Waals surface area (Å²) >= 11 is 0. The molecule has 0 bridgehead atoms. The van der Waals surface area contributed by atoms with Crippen molar-refractivity contribution in [3.05, 3.63) is 12.8 Å². The summed E-state index contributed by atoms with van der Waals surface area (Å²) in [5.41, 5.74) is 0. The van der Waals surface area contributed by atoms with Gasteiger partial charge in [-0.1, -0.05) is 6.58 Å². The number of hydrogen-bond donors (Lipinski definition) is 0. The van der Waals surface area contributed by atoms with Crippen LogP contribution >= 0.6 is 0 Å². The Balaban J connectivity index is 3.54. The minimum atomic E-state index is 0.0775. The van der Waals surface area contributed by atoms with E-state index in [1.165, 1.54) is 18.0 Å². The molecule has 0 spiro atoms. The smallest absolute Gasteiger partial charge is 0.213 e. The van der Waals surface area contributed by atoms with E-state index in [-0.39, 0.29) is 5.78 Å². The Labute approximate surface area is 60.3 Å². The first-order valence-electron chi connectivity index (χ1n) is 3.03. The van der Waals surface area contributed by atoms with Gasteiger partial charge in [0.1, 0.15) is 5.78 Å². The molecular formula is C7H11NO2. The molecule has 56 valence electrons. The van der Waals surface area contributed by atoms with Crippen LogP contribution in [0.1, 0.15) is 13.3 Å². The highest BCUT2D eigenvalue weighted by molar-refractivity contribution is 5.75. The van der Waals surface area contributed by atoms with Gasteiger partial charge in [-0.3, -0.25) is 9.59 Å². The second-order valence-electron chi connectivity index (χ2n) is 1.98. The average Bonchev–Trinajstić information content (AvgIpc) is 1.90. The highest BCUT2D eigenvalue weighted by Gasteiger charge is 1.97. The molecule has 0 aliphatic rings. The molecule has 0 rings (SSSR count). The number of carbonyl (C=O) groups excluding carboxylic acids is 2. The standard InChI is InChI=1S/C7H11NO2/c1-3-8(6-9)5-4-7(2)10/h3,6H,1,4-5H2,2H3. The molecule has 0 saturated heterocycles. The lowest BCUT2D eigenvalue weighted by atomic mass is 10.3. The van der Waals surface area contributed by atoms with Gasteiger partial charge in [-0.2, -0.15) is 0 Å². The molecule has 0 atom stereocenters. The third-order valence-electron chi connectivity index (χ3n) is 1.09. The summed E-state index contributed by atoms with van der Waals surface area (Å²) in [5.74, 6) is 0.0775. The summed E-state index contributed by atoms with van der Waals surface area (Å²) in [6.07, 6.45) is 2.44. The summed E-state index contributed by atoms with van der Waals surface area (Å²) in [6.45, 7) is 5.32. The van der Waals surface area contributed by atoms with Gasteiger partial charge in [0.25, 0.3) is 0 Å². The van der Waals surface area contributed by atoms with Crippen LogP contribution in [0.25, 0.3) is 0 Å². The fraction of sp³-hybridized carbons (Fsp3) is 0.429. The van der Waals surface area contributed by atoms with Crippen LogP contribution in [0.3, 0.4) is 0 Å². The number of carbonyl (C=O) groups is 2. The molecule has 1 amide bonds. The van der Waals surface area contributed by atoms with E-state index < -0.39 is 0 Å². The van der Waals surface area contributed by atoms with E-state index in [1.54, 1.807) is 0 Å². The molecule has 0 heterocycles. The normalized spacial score (nSPS) is 8.50. The third kappa shape index (κ3) is 3.83. The predicted molar refractivity (Wildman–Crippen MR) is 38.3 cm³/mol. The summed E-state index contributed by atoms with van der Waals surface area (Å²) in [7, 11) is 0. The topological polar surface area (TPSA) is 37.4 Å². The number of hydrogen-bond acceptors (Lipinski definition) is 2. The fourth-order valence-corrected chi connectivity index (χ4v) is 0.474. The summed E-state index contributed by atoms with van der Waals surface area (Å²) in [6, 6.07) is 0.